The van der Waals surface area contributed by atoms with Crippen LogP contribution in [-0.4, -0.2) is 83.2 Å². The van der Waals surface area contributed by atoms with Crippen molar-refractivity contribution in [3.05, 3.63) is 0 Å². The highest BCUT2D eigenvalue weighted by atomic mass is 32.2. The highest BCUT2D eigenvalue weighted by Crippen LogP contribution is 2.09. The molecule has 0 fully saturated rings. The topological polar surface area (TPSA) is 197 Å². The van der Waals surface area contributed by atoms with E-state index in [2.05, 4.69) is 16.0 Å². The van der Waals surface area contributed by atoms with Crippen LogP contribution in [0.4, 0.5) is 0 Å². The molecule has 0 rings (SSSR count). The fourth-order valence-electron chi connectivity index (χ4n) is 2.86. The monoisotopic (exact) mass is 477 g/mol. The molecule has 4 unspecified atom stereocenters. The molecular formula is C20H39N5O6S. The van der Waals surface area contributed by atoms with Crippen molar-refractivity contribution in [3.63, 3.8) is 0 Å². The zero-order valence-electron chi connectivity index (χ0n) is 19.1. The van der Waals surface area contributed by atoms with Crippen LogP contribution < -0.4 is 27.4 Å². The number of carboxylic acids is 1. The highest BCUT2D eigenvalue weighted by molar-refractivity contribution is 7.98. The Kier molecular flexibility index (Phi) is 15.7. The Bertz CT molecular complexity index is 607. The summed E-state index contributed by atoms with van der Waals surface area (Å²) in [6, 6.07) is -4.19. The molecule has 0 aliphatic heterocycles. The third kappa shape index (κ3) is 12.2. The summed E-state index contributed by atoms with van der Waals surface area (Å²) >= 11 is 1.47. The van der Waals surface area contributed by atoms with Crippen LogP contribution >= 0.6 is 11.8 Å². The summed E-state index contributed by atoms with van der Waals surface area (Å²) in [6.45, 7) is 3.59. The van der Waals surface area contributed by atoms with Crippen molar-refractivity contribution in [1.29, 1.82) is 0 Å². The number of carbonyl (C=O) groups is 4. The first-order valence-corrected chi connectivity index (χ1v) is 12.2. The van der Waals surface area contributed by atoms with Gasteiger partial charge in [-0.2, -0.15) is 11.8 Å². The highest BCUT2D eigenvalue weighted by Gasteiger charge is 2.30. The Morgan fingerprint density at radius 1 is 0.906 bits per heavy atom. The number of nitrogens with one attached hydrogen (secondary N) is 3. The zero-order valence-corrected chi connectivity index (χ0v) is 20.0. The molecule has 0 aromatic heterocycles. The minimum atomic E-state index is -1.18. The molecule has 32 heavy (non-hydrogen) atoms. The Morgan fingerprint density at radius 2 is 1.47 bits per heavy atom. The van der Waals surface area contributed by atoms with E-state index in [0.29, 0.717) is 25.1 Å². The lowest BCUT2D eigenvalue weighted by Gasteiger charge is -2.26. The minimum Gasteiger partial charge on any atom is -0.480 e. The number of aliphatic hydroxyl groups excluding tert-OH is 1. The van der Waals surface area contributed by atoms with Crippen molar-refractivity contribution < 1.29 is 29.4 Å². The van der Waals surface area contributed by atoms with Gasteiger partial charge in [-0.15, -0.1) is 0 Å². The quantitative estimate of drug-likeness (QED) is 0.125. The van der Waals surface area contributed by atoms with Crippen molar-refractivity contribution in [1.82, 2.24) is 16.0 Å². The maximum Gasteiger partial charge on any atom is 0.326 e. The molecule has 0 aliphatic carbocycles. The number of aliphatic hydroxyl groups is 1. The zero-order chi connectivity index (χ0) is 24.7. The molecule has 11 nitrogen and oxygen atoms in total. The number of carboxylic acid groups (broad SMARTS) is 1. The third-order valence-corrected chi connectivity index (χ3v) is 5.32. The number of aliphatic carboxylic acids is 1. The maximum atomic E-state index is 12.9. The fourth-order valence-corrected chi connectivity index (χ4v) is 3.34. The van der Waals surface area contributed by atoms with Crippen molar-refractivity contribution in [2.45, 2.75) is 70.1 Å². The minimum absolute atomic E-state index is 0.0358. The number of unbranched alkanes of at least 4 members (excludes halogenated alkanes) is 1. The van der Waals surface area contributed by atoms with Gasteiger partial charge in [0.1, 0.15) is 24.2 Å². The lowest BCUT2D eigenvalue weighted by Crippen LogP contribution is -2.57. The molecule has 186 valence electrons. The summed E-state index contributed by atoms with van der Waals surface area (Å²) in [6.07, 6.45) is 3.84. The second-order valence-electron chi connectivity index (χ2n) is 8.01. The summed E-state index contributed by atoms with van der Waals surface area (Å²) < 4.78 is 0. The van der Waals surface area contributed by atoms with E-state index in [9.17, 15) is 24.3 Å². The van der Waals surface area contributed by atoms with Crippen LogP contribution in [0, 0.1) is 5.92 Å². The number of hydrogen-bond donors (Lipinski definition) is 7. The van der Waals surface area contributed by atoms with Crippen molar-refractivity contribution in [2.24, 2.45) is 17.4 Å². The van der Waals surface area contributed by atoms with Crippen LogP contribution in [0.2, 0.25) is 0 Å². The van der Waals surface area contributed by atoms with Gasteiger partial charge < -0.3 is 37.6 Å². The first-order chi connectivity index (χ1) is 15.1. The predicted molar refractivity (Wildman–Crippen MR) is 124 cm³/mol. The van der Waals surface area contributed by atoms with Gasteiger partial charge in [-0.1, -0.05) is 13.8 Å². The normalized spacial score (nSPS) is 14.8. The van der Waals surface area contributed by atoms with Crippen LogP contribution in [0.15, 0.2) is 0 Å². The summed E-state index contributed by atoms with van der Waals surface area (Å²) in [5.41, 5.74) is 11.0. The van der Waals surface area contributed by atoms with Gasteiger partial charge in [0.2, 0.25) is 17.7 Å². The van der Waals surface area contributed by atoms with E-state index in [1.165, 1.54) is 11.8 Å². The molecule has 3 amide bonds. The Hall–Kier alpha value is -1.89. The Labute approximate surface area is 193 Å². The summed E-state index contributed by atoms with van der Waals surface area (Å²) in [5.74, 6) is -2.43. The van der Waals surface area contributed by atoms with Crippen molar-refractivity contribution in [2.75, 3.05) is 25.2 Å². The number of carbonyl (C=O) groups excluding carboxylic acids is 3. The molecule has 0 radical (unpaired) electrons. The van der Waals surface area contributed by atoms with Gasteiger partial charge >= 0.3 is 5.97 Å². The van der Waals surface area contributed by atoms with Gasteiger partial charge in [0.15, 0.2) is 0 Å². The summed E-state index contributed by atoms with van der Waals surface area (Å²) in [7, 11) is 0. The predicted octanol–water partition coefficient (Wildman–Crippen LogP) is -1.23. The molecule has 0 aromatic carbocycles. The van der Waals surface area contributed by atoms with Crippen LogP contribution in [0.1, 0.15) is 46.0 Å². The molecule has 0 saturated carbocycles. The molecule has 9 N–H and O–H groups in total. The van der Waals surface area contributed by atoms with Gasteiger partial charge in [0, 0.05) is 0 Å². The van der Waals surface area contributed by atoms with Crippen LogP contribution in [-0.2, 0) is 19.2 Å². The van der Waals surface area contributed by atoms with Gasteiger partial charge in [0.05, 0.1) is 6.61 Å². The van der Waals surface area contributed by atoms with E-state index in [1.807, 2.05) is 20.1 Å². The SMILES string of the molecule is CSCCC(NC(=O)C(CC(C)C)NC(=O)C(CCCCN)NC(=O)C(N)CO)C(=O)O. The fraction of sp³-hybridized carbons (Fsp3) is 0.800. The van der Waals surface area contributed by atoms with Crippen molar-refractivity contribution in [3.8, 4) is 0 Å². The van der Waals surface area contributed by atoms with Crippen LogP contribution in [0.5, 0.6) is 0 Å². The van der Waals surface area contributed by atoms with E-state index < -0.39 is 54.5 Å². The van der Waals surface area contributed by atoms with Gasteiger partial charge in [-0.05, 0) is 56.6 Å². The largest absolute Gasteiger partial charge is 0.480 e. The number of rotatable bonds is 17. The summed E-state index contributed by atoms with van der Waals surface area (Å²) in [4.78, 5) is 49.3. The average molecular weight is 478 g/mol. The van der Waals surface area contributed by atoms with Gasteiger partial charge in [-0.3, -0.25) is 14.4 Å². The summed E-state index contributed by atoms with van der Waals surface area (Å²) in [5, 5.41) is 26.1. The lowest BCUT2D eigenvalue weighted by molar-refractivity contribution is -0.142. The average Bonchev–Trinajstić information content (AvgIpc) is 2.73. The molecule has 0 spiro atoms. The van der Waals surface area contributed by atoms with Crippen LogP contribution in [0.25, 0.3) is 0 Å². The molecule has 0 bridgehead atoms. The van der Waals surface area contributed by atoms with E-state index in [1.54, 1.807) is 0 Å². The van der Waals surface area contributed by atoms with E-state index in [0.717, 1.165) is 0 Å². The molecular weight excluding hydrogens is 438 g/mol. The Balaban J connectivity index is 5.40. The lowest BCUT2D eigenvalue weighted by atomic mass is 10.0. The van der Waals surface area contributed by atoms with E-state index >= 15 is 0 Å². The number of hydrogen-bond acceptors (Lipinski definition) is 8. The molecule has 0 aromatic rings. The number of amides is 3. The standard InChI is InChI=1S/C20H39N5O6S/c1-12(2)10-16(19(29)24-15(20(30)31)7-9-32-3)25-18(28)14(6-4-5-8-21)23-17(27)13(22)11-26/h12-16,26H,4-11,21-22H2,1-3H3,(H,23,27)(H,24,29)(H,25,28)(H,30,31). The third-order valence-electron chi connectivity index (χ3n) is 4.68. The number of thioether (sulfide) groups is 1. The van der Waals surface area contributed by atoms with E-state index in [-0.39, 0.29) is 25.2 Å². The molecule has 0 saturated heterocycles. The molecule has 0 heterocycles. The second-order valence-corrected chi connectivity index (χ2v) is 8.99. The first-order valence-electron chi connectivity index (χ1n) is 10.8. The van der Waals surface area contributed by atoms with Gasteiger partial charge in [0.25, 0.3) is 0 Å². The second kappa shape index (κ2) is 16.7. The molecule has 12 heteroatoms. The van der Waals surface area contributed by atoms with Gasteiger partial charge in [-0.25, -0.2) is 4.79 Å². The first kappa shape index (κ1) is 30.1. The van der Waals surface area contributed by atoms with Crippen LogP contribution in [0.3, 0.4) is 0 Å². The Morgan fingerprint density at radius 3 is 1.97 bits per heavy atom. The number of nitrogens with two attached hydrogens (primary N) is 2. The van der Waals surface area contributed by atoms with Crippen molar-refractivity contribution >= 4 is 35.5 Å². The maximum absolute atomic E-state index is 12.9. The van der Waals surface area contributed by atoms with E-state index in [4.69, 9.17) is 16.6 Å². The smallest absolute Gasteiger partial charge is 0.326 e. The molecule has 0 aliphatic rings. The molecule has 4 atom stereocenters.